The molecule has 4 aliphatic heterocycles. The third-order valence-electron chi connectivity index (χ3n) is 16.5. The van der Waals surface area contributed by atoms with Crippen LogP contribution in [0.4, 0.5) is 20.5 Å². The second kappa shape index (κ2) is 33.8. The molecule has 6 heterocycles. The molecule has 8 rings (SSSR count). The number of thiazole rings is 1. The van der Waals surface area contributed by atoms with Crippen LogP contribution in [0.1, 0.15) is 103 Å². The van der Waals surface area contributed by atoms with E-state index in [9.17, 15) is 33.1 Å². The molecule has 486 valence electrons. The number of carbonyl (C=O) groups excluding carboxylic acids is 4. The van der Waals surface area contributed by atoms with E-state index in [2.05, 4.69) is 36.1 Å². The second-order valence-corrected chi connectivity index (χ2v) is 25.2. The van der Waals surface area contributed by atoms with E-state index >= 15 is 0 Å². The lowest BCUT2D eigenvalue weighted by Crippen LogP contribution is -2.57. The Hall–Kier alpha value is -5.93. The highest BCUT2D eigenvalue weighted by Crippen LogP contribution is 2.38. The van der Waals surface area contributed by atoms with Crippen molar-refractivity contribution in [2.45, 2.75) is 135 Å². The van der Waals surface area contributed by atoms with Gasteiger partial charge < -0.3 is 74.4 Å². The number of aromatic nitrogens is 3. The lowest BCUT2D eigenvalue weighted by Gasteiger charge is -2.35. The van der Waals surface area contributed by atoms with E-state index in [1.165, 1.54) is 17.7 Å². The molecular weight excluding hydrogens is 1160 g/mol. The predicted octanol–water partition coefficient (Wildman–Crippen LogP) is 6.21. The summed E-state index contributed by atoms with van der Waals surface area (Å²) in [7, 11) is 1.62. The van der Waals surface area contributed by atoms with Crippen LogP contribution in [0.2, 0.25) is 0 Å². The fraction of sp³-hybridized carbons (Fsp3) is 0.667. The van der Waals surface area contributed by atoms with Crippen molar-refractivity contribution in [3.63, 3.8) is 0 Å². The fourth-order valence-corrected chi connectivity index (χ4v) is 12.2. The maximum atomic E-state index is 14.2. The molecule has 3 atom stereocenters. The number of ether oxygens (including phenoxy) is 6. The van der Waals surface area contributed by atoms with Crippen molar-refractivity contribution in [2.24, 2.45) is 5.41 Å². The summed E-state index contributed by atoms with van der Waals surface area (Å²) in [4.78, 5) is 76.4. The molecule has 0 radical (unpaired) electrons. The number of alkyl halides is 2. The molecule has 0 bridgehead atoms. The van der Waals surface area contributed by atoms with Gasteiger partial charge in [0.2, 0.25) is 29.6 Å². The summed E-state index contributed by atoms with van der Waals surface area (Å²) < 4.78 is 62.9. The van der Waals surface area contributed by atoms with Crippen LogP contribution in [0.15, 0.2) is 41.9 Å². The molecule has 0 unspecified atom stereocenters. The lowest BCUT2D eigenvalue weighted by atomic mass is 9.85. The summed E-state index contributed by atoms with van der Waals surface area (Å²) >= 11 is 1.57. The van der Waals surface area contributed by atoms with E-state index in [4.69, 9.17) is 38.4 Å². The van der Waals surface area contributed by atoms with Gasteiger partial charge in [-0.25, -0.2) is 18.7 Å². The Morgan fingerprint density at radius 1 is 0.784 bits per heavy atom. The van der Waals surface area contributed by atoms with Crippen LogP contribution in [-0.4, -0.2) is 221 Å². The first-order chi connectivity index (χ1) is 42.4. The minimum atomic E-state index is -2.69. The number of methoxy groups -OCH3 is 1. The number of aryl methyl sites for hydroxylation is 1. The molecule has 2 aromatic heterocycles. The van der Waals surface area contributed by atoms with Crippen molar-refractivity contribution in [3.05, 3.63) is 53.2 Å². The number of hydrogen-bond donors (Lipinski definition) is 5. The largest absolute Gasteiger partial charge is 0.493 e. The number of hydrogen-bond acceptors (Lipinski definition) is 19. The Morgan fingerprint density at radius 2 is 1.44 bits per heavy atom. The van der Waals surface area contributed by atoms with Gasteiger partial charge in [0.15, 0.2) is 11.5 Å². The molecule has 25 heteroatoms. The Balaban J connectivity index is 0.633. The summed E-state index contributed by atoms with van der Waals surface area (Å²) in [6, 6.07) is 9.96. The van der Waals surface area contributed by atoms with Gasteiger partial charge in [-0.05, 0) is 87.7 Å². The Labute approximate surface area is 520 Å². The molecule has 0 aliphatic carbocycles. The standard InChI is InChI=1S/C63H93F2N11O11S/c1-44-56(88-43-68-44)46-13-11-45(12-14-46)41-67-59(80)51-38-48(77)42-76(51)60(81)57(62(2,3)4)71-55(79)17-30-83-32-34-85-36-37-86-35-33-84-31-20-66-54(78)10-8-23-74-25-15-47(16-26-74)69-58-49-39-52(82-5)53(87-29-9-24-73-21-6-7-22-73)40-50(49)70-61(72-58)75-27-18-63(64,65)19-28-75/h11-14,39-40,43,47-48,51,57,77H,6-10,15-38,41-42H2,1-5H3,(H,66,78)(H,67,80)(H,71,79)(H,69,70,72)/t48-,51+,57-/m1/s1. The number of nitrogens with zero attached hydrogens (tertiary/aromatic N) is 7. The number of rotatable bonds is 34. The summed E-state index contributed by atoms with van der Waals surface area (Å²) in [5, 5.41) is 23.8. The molecule has 4 aliphatic rings. The number of carbonyl (C=O) groups is 4. The second-order valence-electron chi connectivity index (χ2n) is 24.3. The third-order valence-corrected chi connectivity index (χ3v) is 17.5. The molecular formula is C63H93F2N11O11S. The maximum Gasteiger partial charge on any atom is 0.251 e. The number of piperidine rings is 2. The summed E-state index contributed by atoms with van der Waals surface area (Å²) in [6.07, 6.45) is 5.01. The van der Waals surface area contributed by atoms with Gasteiger partial charge in [-0.3, -0.25) is 19.2 Å². The van der Waals surface area contributed by atoms with Gasteiger partial charge in [0.25, 0.3) is 5.92 Å². The minimum Gasteiger partial charge on any atom is -0.493 e. The first-order valence-corrected chi connectivity index (χ1v) is 32.3. The number of aliphatic hydroxyl groups is 1. The van der Waals surface area contributed by atoms with Crippen LogP contribution < -0.4 is 35.6 Å². The average molecular weight is 1250 g/mol. The fourth-order valence-electron chi connectivity index (χ4n) is 11.4. The molecule has 4 aromatic rings. The van der Waals surface area contributed by atoms with Gasteiger partial charge in [-0.2, -0.15) is 4.98 Å². The normalized spacial score (nSPS) is 18.8. The number of aliphatic hydroxyl groups excluding tert-OH is 1. The van der Waals surface area contributed by atoms with Gasteiger partial charge in [0.05, 0.1) is 94.3 Å². The molecule has 0 spiro atoms. The number of amides is 4. The molecule has 4 amide bonds. The zero-order chi connectivity index (χ0) is 62.5. The number of β-amino-alcohol motifs (C(OH)–C–C–N with tert-alkyl or cyclic N) is 1. The number of halogens is 2. The van der Waals surface area contributed by atoms with Crippen molar-refractivity contribution in [1.29, 1.82) is 0 Å². The number of nitrogens with one attached hydrogen (secondary N) is 4. The van der Waals surface area contributed by atoms with Crippen molar-refractivity contribution in [2.75, 3.05) is 142 Å². The van der Waals surface area contributed by atoms with E-state index in [0.717, 1.165) is 92.0 Å². The lowest BCUT2D eigenvalue weighted by molar-refractivity contribution is -0.144. The monoisotopic (exact) mass is 1250 g/mol. The van der Waals surface area contributed by atoms with Crippen molar-refractivity contribution in [3.8, 4) is 21.9 Å². The highest BCUT2D eigenvalue weighted by Gasteiger charge is 2.44. The Bertz CT molecular complexity index is 2840. The van der Waals surface area contributed by atoms with Gasteiger partial charge in [-0.1, -0.05) is 45.0 Å². The third kappa shape index (κ3) is 20.8. The minimum absolute atomic E-state index is 0.0140. The van der Waals surface area contributed by atoms with E-state index < -0.39 is 35.4 Å². The Kier molecular flexibility index (Phi) is 26.1. The summed E-state index contributed by atoms with van der Waals surface area (Å²) in [6.45, 7) is 17.2. The van der Waals surface area contributed by atoms with E-state index in [-0.39, 0.29) is 88.8 Å². The van der Waals surface area contributed by atoms with Gasteiger partial charge in [0.1, 0.15) is 17.9 Å². The number of anilines is 2. The Morgan fingerprint density at radius 3 is 2.10 bits per heavy atom. The van der Waals surface area contributed by atoms with Crippen LogP contribution in [-0.2, 0) is 44.7 Å². The molecule has 4 fully saturated rings. The topological polar surface area (TPSA) is 244 Å². The number of fused-ring (bicyclic) bond motifs is 1. The highest BCUT2D eigenvalue weighted by molar-refractivity contribution is 7.13. The van der Waals surface area contributed by atoms with Gasteiger partial charge >= 0.3 is 0 Å². The first-order valence-electron chi connectivity index (χ1n) is 31.4. The molecule has 5 N–H and O–H groups in total. The van der Waals surface area contributed by atoms with Gasteiger partial charge in [-0.15, -0.1) is 11.3 Å². The smallest absolute Gasteiger partial charge is 0.251 e. The summed E-state index contributed by atoms with van der Waals surface area (Å²) in [5.41, 5.74) is 4.68. The van der Waals surface area contributed by atoms with E-state index in [1.807, 2.05) is 74.5 Å². The first kappa shape index (κ1) is 68.0. The quantitative estimate of drug-likeness (QED) is 0.0327. The van der Waals surface area contributed by atoms with Crippen LogP contribution in [0, 0.1) is 12.3 Å². The molecule has 22 nitrogen and oxygen atoms in total. The predicted molar refractivity (Wildman–Crippen MR) is 333 cm³/mol. The zero-order valence-corrected chi connectivity index (χ0v) is 52.9. The summed E-state index contributed by atoms with van der Waals surface area (Å²) in [5.74, 6) is -1.63. The zero-order valence-electron chi connectivity index (χ0n) is 52.1. The van der Waals surface area contributed by atoms with Gasteiger partial charge in [0, 0.05) is 102 Å². The van der Waals surface area contributed by atoms with Crippen LogP contribution in [0.25, 0.3) is 21.3 Å². The van der Waals surface area contributed by atoms with Crippen LogP contribution >= 0.6 is 11.3 Å². The molecule has 4 saturated heterocycles. The highest BCUT2D eigenvalue weighted by atomic mass is 32.1. The maximum absolute atomic E-state index is 14.2. The van der Waals surface area contributed by atoms with E-state index in [0.29, 0.717) is 88.0 Å². The molecule has 88 heavy (non-hydrogen) atoms. The van der Waals surface area contributed by atoms with E-state index in [1.54, 1.807) is 18.4 Å². The van der Waals surface area contributed by atoms with Crippen molar-refractivity contribution in [1.82, 2.24) is 45.6 Å². The van der Waals surface area contributed by atoms with Crippen LogP contribution in [0.5, 0.6) is 11.5 Å². The molecule has 0 saturated carbocycles. The number of likely N-dealkylation sites (tertiary alicyclic amines) is 3. The van der Waals surface area contributed by atoms with Crippen molar-refractivity contribution >= 4 is 57.6 Å². The number of benzene rings is 2. The SMILES string of the molecule is COc1cc2c(NC3CCN(CCCC(=O)NCCOCCOCCOCCOCCC(=O)N[C@H](C(=O)N4C[C@H](O)C[C@H]4C(=O)NCc4ccc(-c5scnc5C)cc4)C(C)(C)C)CC3)nc(N3CCC(F)(F)CC3)nc2cc1OCCCN1CCCC1. The van der Waals surface area contributed by atoms with Crippen LogP contribution in [0.3, 0.4) is 0 Å². The van der Waals surface area contributed by atoms with Crippen molar-refractivity contribution < 1.29 is 61.5 Å². The average Bonchev–Trinajstić information content (AvgIpc) is 1.27. The molecule has 2 aromatic carbocycles.